The molecule has 1 atom stereocenters. The van der Waals surface area contributed by atoms with Crippen molar-refractivity contribution in [1.82, 2.24) is 5.32 Å². The van der Waals surface area contributed by atoms with Gasteiger partial charge in [-0.25, -0.2) is 9.36 Å². The summed E-state index contributed by atoms with van der Waals surface area (Å²) in [5.74, 6) is -0.832. The van der Waals surface area contributed by atoms with Gasteiger partial charge >= 0.3 is 13.6 Å². The second-order valence-corrected chi connectivity index (χ2v) is 8.07. The molecule has 0 spiro atoms. The van der Waals surface area contributed by atoms with Crippen molar-refractivity contribution >= 4 is 19.3 Å². The van der Waals surface area contributed by atoms with Crippen LogP contribution in [0.15, 0.2) is 84.9 Å². The van der Waals surface area contributed by atoms with Crippen LogP contribution in [0, 0.1) is 10.1 Å². The molecule has 30 heavy (non-hydrogen) atoms. The van der Waals surface area contributed by atoms with Crippen molar-refractivity contribution < 1.29 is 23.3 Å². The van der Waals surface area contributed by atoms with Gasteiger partial charge in [0.25, 0.3) is 5.69 Å². The number of benzene rings is 3. The van der Waals surface area contributed by atoms with E-state index < -0.39 is 24.3 Å². The molecule has 3 N–H and O–H groups in total. The van der Waals surface area contributed by atoms with Crippen molar-refractivity contribution in [3.8, 4) is 11.5 Å². The monoisotopic (exact) mass is 427 g/mol. The zero-order valence-electron chi connectivity index (χ0n) is 15.6. The number of carbonyl (C=O) groups excluding carboxylic acids is 1. The fourth-order valence-electron chi connectivity index (χ4n) is 2.64. The smallest absolute Gasteiger partial charge is 0.414 e. The molecule has 0 aliphatic heterocycles. The van der Waals surface area contributed by atoms with Crippen LogP contribution in [0.1, 0.15) is 11.3 Å². The highest BCUT2D eigenvalue weighted by molar-refractivity contribution is 7.55. The molecule has 3 aromatic rings. The van der Waals surface area contributed by atoms with Gasteiger partial charge in [-0.3, -0.25) is 10.1 Å². The Bertz CT molecular complexity index is 1020. The zero-order chi connectivity index (χ0) is 21.6. The Hall–Kier alpha value is -3.84. The van der Waals surface area contributed by atoms with Crippen LogP contribution in [0.3, 0.4) is 0 Å². The van der Waals surface area contributed by atoms with E-state index in [2.05, 4.69) is 5.32 Å². The summed E-state index contributed by atoms with van der Waals surface area (Å²) in [7, 11) is -4.17. The number of urea groups is 1. The van der Waals surface area contributed by atoms with Crippen LogP contribution in [0.2, 0.25) is 0 Å². The lowest BCUT2D eigenvalue weighted by molar-refractivity contribution is -0.384. The van der Waals surface area contributed by atoms with Gasteiger partial charge in [-0.2, -0.15) is 0 Å². The van der Waals surface area contributed by atoms with Gasteiger partial charge in [0.05, 0.1) is 4.92 Å². The summed E-state index contributed by atoms with van der Waals surface area (Å²) in [5.41, 5.74) is 5.39. The Morgan fingerprint density at radius 3 is 1.77 bits per heavy atom. The first-order valence-corrected chi connectivity index (χ1v) is 10.4. The summed E-state index contributed by atoms with van der Waals surface area (Å²) >= 11 is 0. The second kappa shape index (κ2) is 9.11. The minimum absolute atomic E-state index is 0.167. The fourth-order valence-corrected chi connectivity index (χ4v) is 4.54. The Kier molecular flexibility index (Phi) is 6.34. The fraction of sp³-hybridized carbons (Fsp3) is 0.0500. The Balaban J connectivity index is 2.06. The standard InChI is InChI=1S/C20H18N3O6P/c21-20(24)22-19(15-11-13-16(14-12-15)23(25)26)30(27,28-17-7-3-1-4-8-17)29-18-9-5-2-6-10-18/h1-14,19H,(H3,21,22,24). The summed E-state index contributed by atoms with van der Waals surface area (Å²) in [6.45, 7) is 0. The number of nitrogens with one attached hydrogen (secondary N) is 1. The van der Waals surface area contributed by atoms with Crippen LogP contribution in [0.5, 0.6) is 11.5 Å². The molecule has 2 amide bonds. The summed E-state index contributed by atoms with van der Waals surface area (Å²) in [4.78, 5) is 22.1. The maximum Gasteiger partial charge on any atom is 0.457 e. The van der Waals surface area contributed by atoms with Crippen molar-refractivity contribution in [2.75, 3.05) is 0 Å². The molecule has 154 valence electrons. The number of rotatable bonds is 8. The topological polar surface area (TPSA) is 134 Å². The summed E-state index contributed by atoms with van der Waals surface area (Å²) < 4.78 is 25.4. The van der Waals surface area contributed by atoms with E-state index in [1.165, 1.54) is 24.3 Å². The minimum atomic E-state index is -4.17. The van der Waals surface area contributed by atoms with Crippen molar-refractivity contribution in [2.45, 2.75) is 5.78 Å². The number of amides is 2. The minimum Gasteiger partial charge on any atom is -0.414 e. The van der Waals surface area contributed by atoms with Gasteiger partial charge in [0.15, 0.2) is 5.78 Å². The molecule has 0 aliphatic rings. The number of hydrogen-bond donors (Lipinski definition) is 2. The number of nitrogens with two attached hydrogens (primary N) is 1. The van der Waals surface area contributed by atoms with E-state index in [0.717, 1.165) is 0 Å². The number of nitro benzene ring substituents is 1. The van der Waals surface area contributed by atoms with Gasteiger partial charge in [-0.1, -0.05) is 36.4 Å². The zero-order valence-corrected chi connectivity index (χ0v) is 16.5. The third-order valence-electron chi connectivity index (χ3n) is 3.97. The van der Waals surface area contributed by atoms with E-state index in [4.69, 9.17) is 14.8 Å². The van der Waals surface area contributed by atoms with E-state index in [-0.39, 0.29) is 22.7 Å². The van der Waals surface area contributed by atoms with E-state index >= 15 is 0 Å². The number of primary amides is 1. The summed E-state index contributed by atoms with van der Waals surface area (Å²) in [5, 5.41) is 13.3. The molecule has 0 radical (unpaired) electrons. The number of non-ortho nitro benzene ring substituents is 1. The first kappa shape index (κ1) is 20.9. The van der Waals surface area contributed by atoms with E-state index in [1.54, 1.807) is 60.7 Å². The molecule has 9 nitrogen and oxygen atoms in total. The Labute approximate surface area is 172 Å². The highest BCUT2D eigenvalue weighted by Gasteiger charge is 2.42. The molecule has 0 heterocycles. The highest BCUT2D eigenvalue weighted by Crippen LogP contribution is 2.58. The van der Waals surface area contributed by atoms with Crippen LogP contribution in [-0.2, 0) is 4.57 Å². The number of carbonyl (C=O) groups is 1. The van der Waals surface area contributed by atoms with Crippen molar-refractivity contribution in [3.63, 3.8) is 0 Å². The predicted octanol–water partition coefficient (Wildman–Crippen LogP) is 4.61. The number of para-hydroxylation sites is 2. The summed E-state index contributed by atoms with van der Waals surface area (Å²) in [6, 6.07) is 20.8. The lowest BCUT2D eigenvalue weighted by Gasteiger charge is -2.28. The average molecular weight is 427 g/mol. The number of nitro groups is 1. The number of nitrogens with zero attached hydrogens (tertiary/aromatic N) is 1. The molecule has 0 saturated carbocycles. The largest absolute Gasteiger partial charge is 0.457 e. The maximum absolute atomic E-state index is 14.0. The molecule has 10 heteroatoms. The van der Waals surface area contributed by atoms with Crippen LogP contribution in [0.4, 0.5) is 10.5 Å². The third-order valence-corrected chi connectivity index (χ3v) is 5.96. The first-order valence-electron chi connectivity index (χ1n) is 8.77. The predicted molar refractivity (Wildman–Crippen MR) is 110 cm³/mol. The van der Waals surface area contributed by atoms with Gasteiger partial charge in [-0.15, -0.1) is 0 Å². The Morgan fingerprint density at radius 1 is 0.900 bits per heavy atom. The molecule has 1 unspecified atom stereocenters. The molecule has 0 bridgehead atoms. The molecule has 3 aromatic carbocycles. The molecule has 0 saturated heterocycles. The summed E-state index contributed by atoms with van der Waals surface area (Å²) in [6.07, 6.45) is 0. The van der Waals surface area contributed by atoms with Gasteiger partial charge in [0.1, 0.15) is 11.5 Å². The highest BCUT2D eigenvalue weighted by atomic mass is 31.2. The van der Waals surface area contributed by atoms with Crippen LogP contribution in [0.25, 0.3) is 0 Å². The van der Waals surface area contributed by atoms with Crippen LogP contribution >= 0.6 is 7.60 Å². The molecular weight excluding hydrogens is 409 g/mol. The normalized spacial score (nSPS) is 11.9. The molecule has 3 rings (SSSR count). The van der Waals surface area contributed by atoms with Crippen molar-refractivity contribution in [3.05, 3.63) is 101 Å². The molecule has 0 aromatic heterocycles. The van der Waals surface area contributed by atoms with Crippen LogP contribution < -0.4 is 20.1 Å². The maximum atomic E-state index is 14.0. The average Bonchev–Trinajstić information content (AvgIpc) is 2.73. The third kappa shape index (κ3) is 5.15. The van der Waals surface area contributed by atoms with E-state index in [9.17, 15) is 19.5 Å². The van der Waals surface area contributed by atoms with Crippen molar-refractivity contribution in [2.24, 2.45) is 5.73 Å². The Morgan fingerprint density at radius 2 is 1.37 bits per heavy atom. The van der Waals surface area contributed by atoms with Gasteiger partial charge in [0.2, 0.25) is 0 Å². The molecule has 0 fully saturated rings. The molecular formula is C20H18N3O6P. The lowest BCUT2D eigenvalue weighted by Crippen LogP contribution is -2.35. The quantitative estimate of drug-likeness (QED) is 0.306. The lowest BCUT2D eigenvalue weighted by atomic mass is 10.2. The second-order valence-electron chi connectivity index (χ2n) is 6.11. The number of hydrogen-bond acceptors (Lipinski definition) is 6. The van der Waals surface area contributed by atoms with Gasteiger partial charge < -0.3 is 20.1 Å². The van der Waals surface area contributed by atoms with E-state index in [0.29, 0.717) is 0 Å². The van der Waals surface area contributed by atoms with Gasteiger partial charge in [0, 0.05) is 12.1 Å². The molecule has 0 aliphatic carbocycles. The van der Waals surface area contributed by atoms with Gasteiger partial charge in [-0.05, 0) is 42.0 Å². The van der Waals surface area contributed by atoms with Crippen LogP contribution in [-0.4, -0.2) is 11.0 Å². The van der Waals surface area contributed by atoms with Crippen molar-refractivity contribution in [1.29, 1.82) is 0 Å². The van der Waals surface area contributed by atoms with E-state index in [1.807, 2.05) is 0 Å². The SMILES string of the molecule is NC(=O)NC(c1ccc([N+](=O)[O-])cc1)P(=O)(Oc1ccccc1)Oc1ccccc1. The first-order chi connectivity index (χ1) is 14.4.